The molecule has 0 bridgehead atoms. The van der Waals surface area contributed by atoms with Gasteiger partial charge < -0.3 is 14.4 Å². The molecule has 1 aromatic carbocycles. The molecule has 4 nitrogen and oxygen atoms in total. The molecule has 0 aliphatic carbocycles. The van der Waals surface area contributed by atoms with E-state index < -0.39 is 47.2 Å². The third kappa shape index (κ3) is 8.89. The first-order chi connectivity index (χ1) is 13.7. The summed E-state index contributed by atoms with van der Waals surface area (Å²) in [6.45, 7) is 8.95. The molecule has 0 spiro atoms. The number of rotatable bonds is 5. The van der Waals surface area contributed by atoms with E-state index in [1.165, 1.54) is 25.9 Å². The predicted octanol–water partition coefficient (Wildman–Crippen LogP) is 5.03. The van der Waals surface area contributed by atoms with Crippen LogP contribution in [0.3, 0.4) is 0 Å². The molecule has 1 aliphatic heterocycles. The second kappa shape index (κ2) is 14.0. The van der Waals surface area contributed by atoms with Crippen LogP contribution in [0.5, 0.6) is 5.75 Å². The van der Waals surface area contributed by atoms with Crippen molar-refractivity contribution in [3.05, 3.63) is 29.1 Å². The zero-order valence-corrected chi connectivity index (χ0v) is 17.2. The van der Waals surface area contributed by atoms with Gasteiger partial charge in [0.05, 0.1) is 0 Å². The summed E-state index contributed by atoms with van der Waals surface area (Å²) in [4.78, 5) is 23.5. The molecule has 1 aliphatic rings. The molecule has 166 valence electrons. The number of halogens is 5. The van der Waals surface area contributed by atoms with Crippen LogP contribution in [0, 0.1) is 35.0 Å². The Hall–Kier alpha value is -2.03. The zero-order valence-electron chi connectivity index (χ0n) is 17.2. The molecule has 2 rings (SSSR count). The van der Waals surface area contributed by atoms with E-state index in [0.717, 1.165) is 5.92 Å². The highest BCUT2D eigenvalue weighted by Crippen LogP contribution is 2.29. The van der Waals surface area contributed by atoms with Crippen molar-refractivity contribution in [2.75, 3.05) is 20.1 Å². The van der Waals surface area contributed by atoms with Gasteiger partial charge in [0, 0.05) is 12.8 Å². The van der Waals surface area contributed by atoms with E-state index >= 15 is 0 Å². The maximum atomic E-state index is 13.1. The lowest BCUT2D eigenvalue weighted by molar-refractivity contribution is -0.135. The fraction of sp³-hybridized carbons (Fsp3) is 0.600. The molecule has 0 aromatic heterocycles. The molecule has 9 heteroatoms. The summed E-state index contributed by atoms with van der Waals surface area (Å²) in [5.41, 5.74) is 0. The maximum Gasteiger partial charge on any atom is 0.311 e. The van der Waals surface area contributed by atoms with Crippen molar-refractivity contribution in [2.24, 2.45) is 5.92 Å². The number of likely N-dealkylation sites (tertiary alicyclic amines) is 1. The Balaban J connectivity index is 0.000000649. The largest absolute Gasteiger partial charge is 0.420 e. The molecule has 1 heterocycles. The number of benzene rings is 1. The number of aldehydes is 1. The summed E-state index contributed by atoms with van der Waals surface area (Å²) < 4.78 is 68.5. The van der Waals surface area contributed by atoms with Crippen molar-refractivity contribution in [3.63, 3.8) is 0 Å². The van der Waals surface area contributed by atoms with Crippen LogP contribution in [0.25, 0.3) is 0 Å². The topological polar surface area (TPSA) is 46.6 Å². The Labute approximate surface area is 168 Å². The second-order valence-corrected chi connectivity index (χ2v) is 6.42. The van der Waals surface area contributed by atoms with Crippen molar-refractivity contribution in [1.29, 1.82) is 0 Å². The highest BCUT2D eigenvalue weighted by atomic mass is 19.2. The molecule has 1 fully saturated rings. The van der Waals surface area contributed by atoms with Gasteiger partial charge in [-0.3, -0.25) is 4.79 Å². The highest BCUT2D eigenvalue weighted by Gasteiger charge is 2.28. The number of hydrogen-bond donors (Lipinski definition) is 0. The van der Waals surface area contributed by atoms with E-state index in [-0.39, 0.29) is 12.8 Å². The Bertz CT molecular complexity index is 623. The number of unbranched alkanes of at least 4 members (excludes halogenated alkanes) is 1. The number of piperidine rings is 1. The number of ether oxygens (including phenoxy) is 1. The van der Waals surface area contributed by atoms with Gasteiger partial charge in [-0.1, -0.05) is 20.8 Å². The summed E-state index contributed by atoms with van der Waals surface area (Å²) >= 11 is 0. The first kappa shape index (κ1) is 27.0. The van der Waals surface area contributed by atoms with Crippen LogP contribution in [-0.2, 0) is 9.59 Å². The molecule has 0 amide bonds. The van der Waals surface area contributed by atoms with Crippen molar-refractivity contribution < 1.29 is 36.3 Å². The van der Waals surface area contributed by atoms with E-state index in [9.17, 15) is 31.5 Å². The fourth-order valence-electron chi connectivity index (χ4n) is 2.31. The molecular formula is C20H28F5NO3. The minimum Gasteiger partial charge on any atom is -0.420 e. The SMILES string of the molecule is CC.CC1CCN(C)CC1.O=CCCCC(=O)Oc1c(F)c(F)c(F)c(F)c1F. The Morgan fingerprint density at radius 3 is 1.86 bits per heavy atom. The van der Waals surface area contributed by atoms with Crippen LogP contribution in [0.1, 0.15) is 52.9 Å². The molecule has 0 N–H and O–H groups in total. The van der Waals surface area contributed by atoms with Crippen molar-refractivity contribution in [2.45, 2.75) is 52.9 Å². The molecule has 0 saturated carbocycles. The van der Waals surface area contributed by atoms with Crippen LogP contribution in [-0.4, -0.2) is 37.3 Å². The van der Waals surface area contributed by atoms with Crippen LogP contribution in [0.2, 0.25) is 0 Å². The average Bonchev–Trinajstić information content (AvgIpc) is 2.72. The summed E-state index contributed by atoms with van der Waals surface area (Å²) in [7, 11) is 2.20. The normalized spacial score (nSPS) is 14.2. The molecule has 0 radical (unpaired) electrons. The Morgan fingerprint density at radius 2 is 1.45 bits per heavy atom. The number of carbonyl (C=O) groups is 2. The summed E-state index contributed by atoms with van der Waals surface area (Å²) in [6, 6.07) is 0. The molecule has 1 aromatic rings. The predicted molar refractivity (Wildman–Crippen MR) is 99.0 cm³/mol. The van der Waals surface area contributed by atoms with Gasteiger partial charge in [0.25, 0.3) is 0 Å². The lowest BCUT2D eigenvalue weighted by Gasteiger charge is -2.26. The summed E-state index contributed by atoms with van der Waals surface area (Å²) in [5.74, 6) is -13.1. The standard InChI is InChI=1S/C11H7F5O3.C7H15N.C2H6/c12-6-7(13)9(15)11(10(16)8(6)14)19-5(18)3-1-2-4-17;1-7-3-5-8(2)6-4-7;1-2/h4H,1-3H2;7H,3-6H2,1-2H3;1-2H3. The molecule has 0 atom stereocenters. The van der Waals surface area contributed by atoms with Gasteiger partial charge >= 0.3 is 5.97 Å². The fourth-order valence-corrected chi connectivity index (χ4v) is 2.31. The molecule has 29 heavy (non-hydrogen) atoms. The average molecular weight is 425 g/mol. The summed E-state index contributed by atoms with van der Waals surface area (Å²) in [6.07, 6.45) is 2.96. The van der Waals surface area contributed by atoms with Crippen molar-refractivity contribution in [1.82, 2.24) is 4.90 Å². The number of carbonyl (C=O) groups excluding carboxylic acids is 2. The van der Waals surface area contributed by atoms with Gasteiger partial charge in [0.2, 0.25) is 34.8 Å². The first-order valence-corrected chi connectivity index (χ1v) is 9.53. The lowest BCUT2D eigenvalue weighted by Crippen LogP contribution is -2.28. The number of nitrogens with zero attached hydrogens (tertiary/aromatic N) is 1. The maximum absolute atomic E-state index is 13.1. The number of hydrogen-bond acceptors (Lipinski definition) is 4. The van der Waals surface area contributed by atoms with Crippen LogP contribution >= 0.6 is 0 Å². The minimum atomic E-state index is -2.34. The van der Waals surface area contributed by atoms with E-state index in [4.69, 9.17) is 0 Å². The highest BCUT2D eigenvalue weighted by molar-refractivity contribution is 5.72. The van der Waals surface area contributed by atoms with Gasteiger partial charge in [-0.05, 0) is 45.3 Å². The monoisotopic (exact) mass is 425 g/mol. The van der Waals surface area contributed by atoms with Crippen molar-refractivity contribution >= 4 is 12.3 Å². The smallest absolute Gasteiger partial charge is 0.311 e. The molecular weight excluding hydrogens is 397 g/mol. The van der Waals surface area contributed by atoms with Crippen LogP contribution in [0.15, 0.2) is 0 Å². The van der Waals surface area contributed by atoms with E-state index in [0.29, 0.717) is 6.29 Å². The minimum absolute atomic E-state index is 0.00616. The van der Waals surface area contributed by atoms with E-state index in [2.05, 4.69) is 23.6 Å². The van der Waals surface area contributed by atoms with Crippen LogP contribution < -0.4 is 4.74 Å². The Morgan fingerprint density at radius 1 is 1.00 bits per heavy atom. The summed E-state index contributed by atoms with van der Waals surface area (Å²) in [5, 5.41) is 0. The van der Waals surface area contributed by atoms with E-state index in [1.54, 1.807) is 0 Å². The second-order valence-electron chi connectivity index (χ2n) is 6.42. The third-order valence-corrected chi connectivity index (χ3v) is 4.10. The van der Waals surface area contributed by atoms with Gasteiger partial charge in [0.1, 0.15) is 6.29 Å². The van der Waals surface area contributed by atoms with Gasteiger partial charge in [-0.15, -0.1) is 0 Å². The van der Waals surface area contributed by atoms with Crippen LogP contribution in [0.4, 0.5) is 22.0 Å². The molecule has 0 unspecified atom stereocenters. The van der Waals surface area contributed by atoms with Gasteiger partial charge in [-0.25, -0.2) is 13.2 Å². The van der Waals surface area contributed by atoms with E-state index in [1.807, 2.05) is 13.8 Å². The van der Waals surface area contributed by atoms with Gasteiger partial charge in [0.15, 0.2) is 0 Å². The van der Waals surface area contributed by atoms with Gasteiger partial charge in [-0.2, -0.15) is 8.78 Å². The quantitative estimate of drug-likeness (QED) is 0.126. The molecule has 1 saturated heterocycles. The Kier molecular flexibility index (Phi) is 13.0. The van der Waals surface area contributed by atoms with Crippen molar-refractivity contribution in [3.8, 4) is 5.75 Å². The first-order valence-electron chi connectivity index (χ1n) is 9.53. The zero-order chi connectivity index (χ0) is 22.6. The third-order valence-electron chi connectivity index (χ3n) is 4.10. The number of esters is 1. The lowest BCUT2D eigenvalue weighted by atomic mass is 10.00.